The largest absolute Gasteiger partial charge is 0.477 e. The number of hydrogen-bond acceptors (Lipinski definition) is 4. The van der Waals surface area contributed by atoms with Crippen molar-refractivity contribution in [1.82, 2.24) is 14.5 Å². The number of piperidine rings is 1. The summed E-state index contributed by atoms with van der Waals surface area (Å²) in [5.41, 5.74) is -1.88. The second kappa shape index (κ2) is 5.24. The minimum atomic E-state index is -1.33. The number of aromatic carboxylic acids is 1. The molecule has 0 saturated carbocycles. The van der Waals surface area contributed by atoms with Crippen molar-refractivity contribution < 1.29 is 9.90 Å². The van der Waals surface area contributed by atoms with Gasteiger partial charge in [0.05, 0.1) is 0 Å². The molecule has 2 N–H and O–H groups in total. The van der Waals surface area contributed by atoms with Crippen LogP contribution >= 0.6 is 0 Å². The molecule has 0 unspecified atom stereocenters. The third kappa shape index (κ3) is 2.98. The molecule has 0 spiro atoms. The standard InChI is InChI=1S/C13H19N3O4/c1-13(3-5-15(2)6-4-13)8-16-7-9(11(18)19)10(17)14-12(16)20/h7H,3-6,8H2,1-2H3,(H,18,19)(H,14,17,20). The van der Waals surface area contributed by atoms with Crippen molar-refractivity contribution in [2.75, 3.05) is 20.1 Å². The van der Waals surface area contributed by atoms with E-state index in [1.807, 2.05) is 7.05 Å². The number of carboxylic acid groups (broad SMARTS) is 1. The fourth-order valence-corrected chi connectivity index (χ4v) is 2.51. The average molecular weight is 281 g/mol. The Labute approximate surface area is 115 Å². The lowest BCUT2D eigenvalue weighted by Gasteiger charge is -2.38. The molecule has 1 fully saturated rings. The van der Waals surface area contributed by atoms with Crippen LogP contribution in [0.25, 0.3) is 0 Å². The molecule has 1 aliphatic heterocycles. The number of H-pyrrole nitrogens is 1. The van der Waals surface area contributed by atoms with Gasteiger partial charge in [0.2, 0.25) is 0 Å². The Morgan fingerprint density at radius 3 is 2.55 bits per heavy atom. The second-order valence-electron chi connectivity index (χ2n) is 5.85. The van der Waals surface area contributed by atoms with Gasteiger partial charge in [0.25, 0.3) is 5.56 Å². The van der Waals surface area contributed by atoms with E-state index in [-0.39, 0.29) is 5.41 Å². The molecule has 110 valence electrons. The molecule has 7 nitrogen and oxygen atoms in total. The van der Waals surface area contributed by atoms with Gasteiger partial charge in [-0.2, -0.15) is 0 Å². The highest BCUT2D eigenvalue weighted by molar-refractivity contribution is 5.86. The number of rotatable bonds is 3. The molecule has 1 aromatic rings. The summed E-state index contributed by atoms with van der Waals surface area (Å²) in [5, 5.41) is 8.94. The number of nitrogens with one attached hydrogen (secondary N) is 1. The van der Waals surface area contributed by atoms with Crippen molar-refractivity contribution in [2.24, 2.45) is 5.41 Å². The molecule has 1 saturated heterocycles. The molecule has 1 aliphatic rings. The van der Waals surface area contributed by atoms with Gasteiger partial charge < -0.3 is 10.0 Å². The molecule has 0 aliphatic carbocycles. The van der Waals surface area contributed by atoms with Gasteiger partial charge in [-0.15, -0.1) is 0 Å². The highest BCUT2D eigenvalue weighted by Crippen LogP contribution is 2.31. The lowest BCUT2D eigenvalue weighted by atomic mass is 9.80. The first-order chi connectivity index (χ1) is 9.31. The van der Waals surface area contributed by atoms with Crippen molar-refractivity contribution in [1.29, 1.82) is 0 Å². The van der Waals surface area contributed by atoms with Crippen LogP contribution in [0.5, 0.6) is 0 Å². The van der Waals surface area contributed by atoms with Crippen LogP contribution in [0.2, 0.25) is 0 Å². The third-order valence-electron chi connectivity index (χ3n) is 3.99. The Morgan fingerprint density at radius 2 is 2.00 bits per heavy atom. The lowest BCUT2D eigenvalue weighted by Crippen LogP contribution is -2.42. The Kier molecular flexibility index (Phi) is 3.80. The molecule has 2 rings (SSSR count). The minimum absolute atomic E-state index is 0.0651. The van der Waals surface area contributed by atoms with E-state index in [9.17, 15) is 14.4 Å². The van der Waals surface area contributed by atoms with Gasteiger partial charge in [-0.25, -0.2) is 9.59 Å². The van der Waals surface area contributed by atoms with Crippen LogP contribution in [0.1, 0.15) is 30.1 Å². The van der Waals surface area contributed by atoms with E-state index in [0.717, 1.165) is 32.1 Å². The van der Waals surface area contributed by atoms with E-state index >= 15 is 0 Å². The maximum Gasteiger partial charge on any atom is 0.342 e. The molecule has 7 heteroatoms. The maximum absolute atomic E-state index is 11.8. The highest BCUT2D eigenvalue weighted by atomic mass is 16.4. The number of carboxylic acids is 1. The lowest BCUT2D eigenvalue weighted by molar-refractivity contribution is 0.0692. The summed E-state index contributed by atoms with van der Waals surface area (Å²) >= 11 is 0. The summed E-state index contributed by atoms with van der Waals surface area (Å²) in [5.74, 6) is -1.33. The van der Waals surface area contributed by atoms with Crippen LogP contribution in [0.15, 0.2) is 15.8 Å². The Morgan fingerprint density at radius 1 is 1.40 bits per heavy atom. The molecule has 0 radical (unpaired) electrons. The topological polar surface area (TPSA) is 95.4 Å². The molecule has 20 heavy (non-hydrogen) atoms. The molecule has 0 bridgehead atoms. The highest BCUT2D eigenvalue weighted by Gasteiger charge is 2.30. The molecule has 0 atom stereocenters. The van der Waals surface area contributed by atoms with Crippen LogP contribution < -0.4 is 11.2 Å². The van der Waals surface area contributed by atoms with Gasteiger partial charge >= 0.3 is 11.7 Å². The van der Waals surface area contributed by atoms with Gasteiger partial charge in [-0.05, 0) is 38.4 Å². The van der Waals surface area contributed by atoms with E-state index in [1.54, 1.807) is 0 Å². The Hall–Kier alpha value is -1.89. The predicted octanol–water partition coefficient (Wildman–Crippen LogP) is -0.0333. The summed E-state index contributed by atoms with van der Waals surface area (Å²) in [6.07, 6.45) is 3.00. The maximum atomic E-state index is 11.8. The number of likely N-dealkylation sites (tertiary alicyclic amines) is 1. The van der Waals surface area contributed by atoms with Gasteiger partial charge in [-0.3, -0.25) is 14.3 Å². The van der Waals surface area contributed by atoms with Crippen molar-refractivity contribution >= 4 is 5.97 Å². The number of aromatic amines is 1. The summed E-state index contributed by atoms with van der Waals surface area (Å²) in [6.45, 7) is 4.38. The Balaban J connectivity index is 2.30. The molecular weight excluding hydrogens is 262 g/mol. The van der Waals surface area contributed by atoms with Crippen LogP contribution in [0.3, 0.4) is 0 Å². The normalized spacial score (nSPS) is 18.9. The fourth-order valence-electron chi connectivity index (χ4n) is 2.51. The van der Waals surface area contributed by atoms with Crippen molar-refractivity contribution in [2.45, 2.75) is 26.3 Å². The number of hydrogen-bond donors (Lipinski definition) is 2. The average Bonchev–Trinajstić information content (AvgIpc) is 2.36. The summed E-state index contributed by atoms with van der Waals surface area (Å²) in [7, 11) is 2.05. The van der Waals surface area contributed by atoms with Gasteiger partial charge in [-0.1, -0.05) is 6.92 Å². The number of carbonyl (C=O) groups is 1. The van der Waals surface area contributed by atoms with Crippen LogP contribution in [0, 0.1) is 5.41 Å². The van der Waals surface area contributed by atoms with Crippen LogP contribution in [-0.4, -0.2) is 45.7 Å². The fraction of sp³-hybridized carbons (Fsp3) is 0.615. The van der Waals surface area contributed by atoms with Crippen LogP contribution in [-0.2, 0) is 6.54 Å². The predicted molar refractivity (Wildman–Crippen MR) is 73.1 cm³/mol. The molecule has 0 aromatic carbocycles. The first kappa shape index (κ1) is 14.5. The summed E-state index contributed by atoms with van der Waals surface area (Å²) in [6, 6.07) is 0. The number of aromatic nitrogens is 2. The minimum Gasteiger partial charge on any atom is -0.477 e. The van der Waals surface area contributed by atoms with E-state index in [4.69, 9.17) is 5.11 Å². The van der Waals surface area contributed by atoms with Crippen LogP contribution in [0.4, 0.5) is 0 Å². The number of nitrogens with zero attached hydrogens (tertiary/aromatic N) is 2. The summed E-state index contributed by atoms with van der Waals surface area (Å²) in [4.78, 5) is 38.4. The van der Waals surface area contributed by atoms with Crippen molar-refractivity contribution in [3.05, 3.63) is 32.6 Å². The molecule has 1 aromatic heterocycles. The van der Waals surface area contributed by atoms with Gasteiger partial charge in [0, 0.05) is 12.7 Å². The first-order valence-corrected chi connectivity index (χ1v) is 6.56. The van der Waals surface area contributed by atoms with Crippen molar-refractivity contribution in [3.63, 3.8) is 0 Å². The van der Waals surface area contributed by atoms with Gasteiger partial charge in [0.15, 0.2) is 0 Å². The van der Waals surface area contributed by atoms with E-state index in [1.165, 1.54) is 4.57 Å². The van der Waals surface area contributed by atoms with E-state index in [2.05, 4.69) is 16.8 Å². The zero-order valence-corrected chi connectivity index (χ0v) is 11.7. The van der Waals surface area contributed by atoms with Gasteiger partial charge in [0.1, 0.15) is 5.56 Å². The summed E-state index contributed by atoms with van der Waals surface area (Å²) < 4.78 is 1.30. The molecule has 0 amide bonds. The second-order valence-corrected chi connectivity index (χ2v) is 5.85. The molecular formula is C13H19N3O4. The zero-order chi connectivity index (χ0) is 14.9. The zero-order valence-electron chi connectivity index (χ0n) is 11.7. The van der Waals surface area contributed by atoms with E-state index < -0.39 is 22.8 Å². The smallest absolute Gasteiger partial charge is 0.342 e. The Bertz CT molecular complexity index is 623. The quantitative estimate of drug-likeness (QED) is 0.811. The van der Waals surface area contributed by atoms with Crippen molar-refractivity contribution in [3.8, 4) is 0 Å². The first-order valence-electron chi connectivity index (χ1n) is 6.56. The monoisotopic (exact) mass is 281 g/mol. The third-order valence-corrected chi connectivity index (χ3v) is 3.99. The SMILES string of the molecule is CN1CCC(C)(Cn2cc(C(=O)O)c(=O)[nH]c2=O)CC1. The molecule has 2 heterocycles. The van der Waals surface area contributed by atoms with E-state index in [0.29, 0.717) is 6.54 Å².